The lowest BCUT2D eigenvalue weighted by atomic mass is 10.0. The second-order valence-corrected chi connectivity index (χ2v) is 20.9. The van der Waals surface area contributed by atoms with Crippen LogP contribution in [0.4, 0.5) is 0 Å². The van der Waals surface area contributed by atoms with Crippen molar-refractivity contribution >= 4 is 25.7 Å². The number of aliphatic hydroxyl groups is 1. The van der Waals surface area contributed by atoms with Crippen LogP contribution in [0.15, 0.2) is 36.5 Å². The molecule has 0 aliphatic carbocycles. The minimum atomic E-state index is -4.74. The number of carbonyl (C=O) groups excluding carboxylic acids is 3. The Morgan fingerprint density at radius 3 is 1.14 bits per heavy atom. The van der Waals surface area contributed by atoms with Crippen LogP contribution in [0, 0.1) is 0 Å². The minimum absolute atomic E-state index is 0.164. The summed E-state index contributed by atoms with van der Waals surface area (Å²) in [6.07, 6.45) is 53.9. The molecular formula is C58H107O11P. The molecule has 0 radical (unpaired) electrons. The van der Waals surface area contributed by atoms with Crippen LogP contribution in [-0.2, 0) is 42.2 Å². The van der Waals surface area contributed by atoms with Crippen LogP contribution in [0.5, 0.6) is 0 Å². The first-order valence-corrected chi connectivity index (χ1v) is 30.4. The first-order valence-electron chi connectivity index (χ1n) is 28.9. The van der Waals surface area contributed by atoms with E-state index in [0.29, 0.717) is 19.3 Å². The maximum Gasteiger partial charge on any atom is 0.472 e. The molecule has 410 valence electrons. The average molecular weight is 1010 g/mol. The van der Waals surface area contributed by atoms with Gasteiger partial charge < -0.3 is 24.2 Å². The van der Waals surface area contributed by atoms with E-state index in [-0.39, 0.29) is 25.9 Å². The zero-order chi connectivity index (χ0) is 51.3. The summed E-state index contributed by atoms with van der Waals surface area (Å²) in [5.74, 6) is -1.46. The molecule has 0 rings (SSSR count). The predicted molar refractivity (Wildman–Crippen MR) is 289 cm³/mol. The number of aliphatic hydroxyl groups excluding tert-OH is 1. The Hall–Kier alpha value is -2.30. The van der Waals surface area contributed by atoms with Crippen molar-refractivity contribution in [1.29, 1.82) is 0 Å². The van der Waals surface area contributed by atoms with Crippen LogP contribution in [-0.4, -0.2) is 66.5 Å². The van der Waals surface area contributed by atoms with Crippen molar-refractivity contribution in [2.45, 2.75) is 290 Å². The molecule has 0 aliphatic rings. The van der Waals surface area contributed by atoms with E-state index in [2.05, 4.69) is 57.2 Å². The molecule has 0 bridgehead atoms. The molecule has 2 N–H and O–H groups in total. The van der Waals surface area contributed by atoms with Crippen molar-refractivity contribution in [2.24, 2.45) is 0 Å². The molecule has 0 saturated heterocycles. The number of esters is 3. The fraction of sp³-hybridized carbons (Fsp3) is 0.845. The van der Waals surface area contributed by atoms with Crippen LogP contribution in [0.25, 0.3) is 0 Å². The Kier molecular flexibility index (Phi) is 51.3. The summed E-state index contributed by atoms with van der Waals surface area (Å²) in [4.78, 5) is 48.4. The molecule has 0 aromatic rings. The van der Waals surface area contributed by atoms with Crippen LogP contribution in [0.2, 0.25) is 0 Å². The molecule has 0 fully saturated rings. The van der Waals surface area contributed by atoms with Gasteiger partial charge in [0.25, 0.3) is 0 Å². The number of rotatable bonds is 54. The Morgan fingerprint density at radius 1 is 0.400 bits per heavy atom. The van der Waals surface area contributed by atoms with Gasteiger partial charge in [-0.05, 0) is 70.6 Å². The number of phosphoric acid groups is 1. The highest BCUT2D eigenvalue weighted by Gasteiger charge is 2.28. The van der Waals surface area contributed by atoms with Crippen molar-refractivity contribution in [3.63, 3.8) is 0 Å². The highest BCUT2D eigenvalue weighted by molar-refractivity contribution is 7.47. The molecule has 3 atom stereocenters. The second-order valence-electron chi connectivity index (χ2n) is 19.5. The summed E-state index contributed by atoms with van der Waals surface area (Å²) in [7, 11) is -4.74. The quantitative estimate of drug-likeness (QED) is 0.0197. The lowest BCUT2D eigenvalue weighted by Gasteiger charge is -2.21. The van der Waals surface area contributed by atoms with E-state index in [0.717, 1.165) is 89.9 Å². The van der Waals surface area contributed by atoms with E-state index in [1.807, 2.05) is 0 Å². The molecular weight excluding hydrogens is 904 g/mol. The SMILES string of the molecule is CCCC/C=C\CCCCCCCC(=O)OCC(COP(=O)(O)OCC(CO)OC(=O)CCCCCCCCCCCCCCC)OC(=O)CCCCCCCCCCC/C=C\C/C=C\CCCCC. The maximum absolute atomic E-state index is 12.9. The molecule has 0 aromatic carbocycles. The number of hydrogen-bond acceptors (Lipinski definition) is 10. The van der Waals surface area contributed by atoms with E-state index in [4.69, 9.17) is 23.3 Å². The van der Waals surface area contributed by atoms with Gasteiger partial charge in [-0.25, -0.2) is 4.57 Å². The molecule has 0 saturated carbocycles. The zero-order valence-electron chi connectivity index (χ0n) is 45.2. The van der Waals surface area contributed by atoms with E-state index >= 15 is 0 Å². The number of allylic oxidation sites excluding steroid dienone is 6. The van der Waals surface area contributed by atoms with Crippen molar-refractivity contribution in [2.75, 3.05) is 26.4 Å². The molecule has 70 heavy (non-hydrogen) atoms. The number of carbonyl (C=O) groups is 3. The van der Waals surface area contributed by atoms with Gasteiger partial charge in [0.2, 0.25) is 0 Å². The van der Waals surface area contributed by atoms with Crippen LogP contribution >= 0.6 is 7.82 Å². The molecule has 0 aliphatic heterocycles. The van der Waals surface area contributed by atoms with Gasteiger partial charge in [0.1, 0.15) is 12.7 Å². The maximum atomic E-state index is 12.9. The summed E-state index contributed by atoms with van der Waals surface area (Å²) in [6.45, 7) is 4.60. The second kappa shape index (κ2) is 53.0. The number of ether oxygens (including phenoxy) is 3. The smallest absolute Gasteiger partial charge is 0.462 e. The van der Waals surface area contributed by atoms with Gasteiger partial charge in [-0.1, -0.05) is 224 Å². The highest BCUT2D eigenvalue weighted by Crippen LogP contribution is 2.43. The largest absolute Gasteiger partial charge is 0.472 e. The molecule has 3 unspecified atom stereocenters. The summed E-state index contributed by atoms with van der Waals surface area (Å²) in [5, 5.41) is 9.80. The van der Waals surface area contributed by atoms with Gasteiger partial charge >= 0.3 is 25.7 Å². The fourth-order valence-electron chi connectivity index (χ4n) is 8.07. The zero-order valence-corrected chi connectivity index (χ0v) is 46.1. The number of hydrogen-bond donors (Lipinski definition) is 2. The van der Waals surface area contributed by atoms with Crippen molar-refractivity contribution < 1.29 is 52.2 Å². The van der Waals surface area contributed by atoms with E-state index < -0.39 is 57.8 Å². The molecule has 0 spiro atoms. The minimum Gasteiger partial charge on any atom is -0.462 e. The van der Waals surface area contributed by atoms with E-state index in [1.165, 1.54) is 128 Å². The molecule has 12 heteroatoms. The normalized spacial score (nSPS) is 13.6. The van der Waals surface area contributed by atoms with Crippen molar-refractivity contribution in [3.05, 3.63) is 36.5 Å². The van der Waals surface area contributed by atoms with Gasteiger partial charge in [-0.3, -0.25) is 23.4 Å². The van der Waals surface area contributed by atoms with Crippen molar-refractivity contribution in [1.82, 2.24) is 0 Å². The van der Waals surface area contributed by atoms with Crippen LogP contribution in [0.3, 0.4) is 0 Å². The molecule has 0 amide bonds. The first-order chi connectivity index (χ1) is 34.2. The Balaban J connectivity index is 4.67. The van der Waals surface area contributed by atoms with E-state index in [1.54, 1.807) is 0 Å². The van der Waals surface area contributed by atoms with Gasteiger partial charge in [0, 0.05) is 19.3 Å². The lowest BCUT2D eigenvalue weighted by molar-refractivity contribution is -0.161. The summed E-state index contributed by atoms with van der Waals surface area (Å²) >= 11 is 0. The number of unbranched alkanes of at least 4 members (excludes halogenated alkanes) is 31. The van der Waals surface area contributed by atoms with Gasteiger partial charge in [0.15, 0.2) is 6.10 Å². The summed E-state index contributed by atoms with van der Waals surface area (Å²) in [6, 6.07) is 0. The standard InChI is InChI=1S/C58H107O11P/c1-4-7-10-13-16-19-22-24-25-26-27-28-29-31-34-37-40-43-46-49-58(62)69-55(51-65-56(60)47-44-41-38-35-32-21-18-15-12-9-6-3)53-67-70(63,64)66-52-54(50-59)68-57(61)48-45-42-39-36-33-30-23-20-17-14-11-8-5-2/h15-16,18-19,24-25,54-55,59H,4-14,17,20-23,26-53H2,1-3H3,(H,63,64)/b18-15-,19-16-,25-24-. The van der Waals surface area contributed by atoms with Crippen molar-refractivity contribution in [3.8, 4) is 0 Å². The molecule has 0 heterocycles. The monoisotopic (exact) mass is 1010 g/mol. The van der Waals surface area contributed by atoms with E-state index in [9.17, 15) is 28.9 Å². The van der Waals surface area contributed by atoms with Crippen LogP contribution in [0.1, 0.15) is 278 Å². The third-order valence-electron chi connectivity index (χ3n) is 12.5. The lowest BCUT2D eigenvalue weighted by Crippen LogP contribution is -2.30. The molecule has 0 aromatic heterocycles. The average Bonchev–Trinajstić information content (AvgIpc) is 3.35. The molecule has 11 nitrogen and oxygen atoms in total. The highest BCUT2D eigenvalue weighted by atomic mass is 31.2. The van der Waals surface area contributed by atoms with Gasteiger partial charge in [-0.15, -0.1) is 0 Å². The summed E-state index contributed by atoms with van der Waals surface area (Å²) in [5.41, 5.74) is 0. The fourth-order valence-corrected chi connectivity index (χ4v) is 8.86. The predicted octanol–water partition coefficient (Wildman–Crippen LogP) is 16.8. The Labute approximate surface area is 429 Å². The third kappa shape index (κ3) is 50.6. The van der Waals surface area contributed by atoms with Gasteiger partial charge in [-0.2, -0.15) is 0 Å². The Morgan fingerprint density at radius 2 is 0.714 bits per heavy atom. The summed E-state index contributed by atoms with van der Waals surface area (Å²) < 4.78 is 39.5. The van der Waals surface area contributed by atoms with Crippen LogP contribution < -0.4 is 0 Å². The number of phosphoric ester groups is 1. The third-order valence-corrected chi connectivity index (χ3v) is 13.5. The van der Waals surface area contributed by atoms with Gasteiger partial charge in [0.05, 0.1) is 19.8 Å². The topological polar surface area (TPSA) is 155 Å². The Bertz CT molecular complexity index is 1320. The first kappa shape index (κ1) is 67.7.